The lowest BCUT2D eigenvalue weighted by atomic mass is 10.0. The van der Waals surface area contributed by atoms with Gasteiger partial charge in [-0.2, -0.15) is 0 Å². The van der Waals surface area contributed by atoms with Crippen molar-refractivity contribution in [3.8, 4) is 17.1 Å². The van der Waals surface area contributed by atoms with Gasteiger partial charge in [0.05, 0.1) is 11.1 Å². The number of hydrogen-bond acceptors (Lipinski definition) is 4. The van der Waals surface area contributed by atoms with Crippen molar-refractivity contribution < 1.29 is 14.1 Å². The molecule has 0 saturated carbocycles. The molecule has 0 aliphatic carbocycles. The fourth-order valence-electron chi connectivity index (χ4n) is 3.13. The van der Waals surface area contributed by atoms with Crippen LogP contribution in [0.2, 0.25) is 0 Å². The molecular formula is C21H20N2O3. The first-order valence-electron chi connectivity index (χ1n) is 8.53. The van der Waals surface area contributed by atoms with E-state index in [0.29, 0.717) is 17.0 Å². The van der Waals surface area contributed by atoms with Crippen molar-refractivity contribution in [1.29, 1.82) is 0 Å². The lowest BCUT2D eigenvalue weighted by molar-refractivity contribution is 0.0982. The zero-order valence-corrected chi connectivity index (χ0v) is 15.3. The average molecular weight is 348 g/mol. The maximum absolute atomic E-state index is 13.0. The number of nitrogens with zero attached hydrogens (tertiary/aromatic N) is 2. The van der Waals surface area contributed by atoms with E-state index in [-0.39, 0.29) is 12.5 Å². The van der Waals surface area contributed by atoms with Crippen LogP contribution in [0.1, 0.15) is 32.7 Å². The number of fused-ring (bicyclic) bond motifs is 3. The third kappa shape index (κ3) is 2.56. The predicted octanol–water partition coefficient (Wildman–Crippen LogP) is 4.44. The number of hydrogen-bond donors (Lipinski definition) is 0. The molecule has 2 aromatic carbocycles. The van der Waals surface area contributed by atoms with Crippen LogP contribution < -0.4 is 9.64 Å². The quantitative estimate of drug-likeness (QED) is 0.687. The molecule has 0 atom stereocenters. The average Bonchev–Trinajstić information content (AvgIpc) is 3.07. The van der Waals surface area contributed by atoms with Crippen LogP contribution in [0, 0.1) is 20.8 Å². The molecule has 4 rings (SSSR count). The summed E-state index contributed by atoms with van der Waals surface area (Å²) in [5, 5.41) is 4.07. The number of aromatic nitrogens is 1. The van der Waals surface area contributed by atoms with Crippen molar-refractivity contribution in [2.45, 2.75) is 27.4 Å². The molecule has 1 aliphatic rings. The summed E-state index contributed by atoms with van der Waals surface area (Å²) >= 11 is 0. The van der Waals surface area contributed by atoms with E-state index < -0.39 is 0 Å². The number of carbonyl (C=O) groups is 1. The minimum absolute atomic E-state index is 0.210. The molecule has 132 valence electrons. The standard InChI is InChI=1S/C21H20N2O3/c1-12-5-8-18-16(9-12)20-17(11-25-18)19(22-26-20)21(24)23(4)15-7-6-13(2)14(3)10-15/h5-10H,11H2,1-4H3. The molecule has 2 heterocycles. The highest BCUT2D eigenvalue weighted by molar-refractivity contribution is 6.06. The van der Waals surface area contributed by atoms with Crippen molar-refractivity contribution in [2.24, 2.45) is 0 Å². The topological polar surface area (TPSA) is 55.6 Å². The fourth-order valence-corrected chi connectivity index (χ4v) is 3.13. The molecule has 0 spiro atoms. The van der Waals surface area contributed by atoms with Crippen LogP contribution in [0.5, 0.6) is 5.75 Å². The van der Waals surface area contributed by atoms with Crippen LogP contribution in [0.3, 0.4) is 0 Å². The van der Waals surface area contributed by atoms with E-state index >= 15 is 0 Å². The van der Waals surface area contributed by atoms with Gasteiger partial charge in [-0.1, -0.05) is 22.9 Å². The molecular weight excluding hydrogens is 328 g/mol. The number of amides is 1. The number of aryl methyl sites for hydroxylation is 3. The Kier molecular flexibility index (Phi) is 3.80. The molecule has 0 N–H and O–H groups in total. The number of benzene rings is 2. The molecule has 5 nitrogen and oxygen atoms in total. The summed E-state index contributed by atoms with van der Waals surface area (Å²) < 4.78 is 11.3. The molecule has 0 radical (unpaired) electrons. The van der Waals surface area contributed by atoms with E-state index in [1.807, 2.05) is 57.2 Å². The first kappa shape index (κ1) is 16.4. The van der Waals surface area contributed by atoms with Crippen LogP contribution in [0.25, 0.3) is 11.3 Å². The predicted molar refractivity (Wildman–Crippen MR) is 99.7 cm³/mol. The molecule has 1 aliphatic heterocycles. The van der Waals surface area contributed by atoms with Gasteiger partial charge in [-0.05, 0) is 56.2 Å². The van der Waals surface area contributed by atoms with Gasteiger partial charge < -0.3 is 14.2 Å². The maximum Gasteiger partial charge on any atom is 0.280 e. The monoisotopic (exact) mass is 348 g/mol. The van der Waals surface area contributed by atoms with Crippen LogP contribution in [-0.2, 0) is 6.61 Å². The lowest BCUT2D eigenvalue weighted by Crippen LogP contribution is -2.28. The molecule has 0 unspecified atom stereocenters. The van der Waals surface area contributed by atoms with Gasteiger partial charge in [0.25, 0.3) is 5.91 Å². The summed E-state index contributed by atoms with van der Waals surface area (Å²) in [6.07, 6.45) is 0. The van der Waals surface area contributed by atoms with Gasteiger partial charge in [0, 0.05) is 12.7 Å². The van der Waals surface area contributed by atoms with Gasteiger partial charge in [0.1, 0.15) is 12.4 Å². The summed E-state index contributed by atoms with van der Waals surface area (Å²) in [6.45, 7) is 6.36. The number of ether oxygens (including phenoxy) is 1. The summed E-state index contributed by atoms with van der Waals surface area (Å²) in [4.78, 5) is 14.6. The summed E-state index contributed by atoms with van der Waals surface area (Å²) in [7, 11) is 1.75. The highest BCUT2D eigenvalue weighted by Crippen LogP contribution is 2.39. The lowest BCUT2D eigenvalue weighted by Gasteiger charge is -2.19. The van der Waals surface area contributed by atoms with Gasteiger partial charge in [-0.15, -0.1) is 0 Å². The highest BCUT2D eigenvalue weighted by atomic mass is 16.5. The first-order valence-corrected chi connectivity index (χ1v) is 8.53. The van der Waals surface area contributed by atoms with Crippen molar-refractivity contribution >= 4 is 11.6 Å². The van der Waals surface area contributed by atoms with Crippen molar-refractivity contribution in [1.82, 2.24) is 5.16 Å². The van der Waals surface area contributed by atoms with Crippen LogP contribution in [0.15, 0.2) is 40.9 Å². The third-order valence-electron chi connectivity index (χ3n) is 4.92. The Labute approximate surface area is 152 Å². The third-order valence-corrected chi connectivity index (χ3v) is 4.92. The normalized spacial score (nSPS) is 12.2. The van der Waals surface area contributed by atoms with Crippen LogP contribution >= 0.6 is 0 Å². The van der Waals surface area contributed by atoms with Gasteiger partial charge in [-0.3, -0.25) is 4.79 Å². The van der Waals surface area contributed by atoms with E-state index in [1.165, 1.54) is 5.56 Å². The van der Waals surface area contributed by atoms with Gasteiger partial charge in [0.15, 0.2) is 11.5 Å². The summed E-state index contributed by atoms with van der Waals surface area (Å²) in [5.41, 5.74) is 6.08. The highest BCUT2D eigenvalue weighted by Gasteiger charge is 2.30. The zero-order chi connectivity index (χ0) is 18.4. The van der Waals surface area contributed by atoms with Crippen LogP contribution in [-0.4, -0.2) is 18.1 Å². The Bertz CT molecular complexity index is 1020. The van der Waals surface area contributed by atoms with E-state index in [2.05, 4.69) is 5.16 Å². The Balaban J connectivity index is 1.71. The van der Waals surface area contributed by atoms with E-state index in [1.54, 1.807) is 11.9 Å². The SMILES string of the molecule is Cc1ccc2c(c1)-c1onc(C(=O)N(C)c3ccc(C)c(C)c3)c1CO2. The van der Waals surface area contributed by atoms with Gasteiger partial charge in [0.2, 0.25) is 0 Å². The minimum atomic E-state index is -0.210. The Hall–Kier alpha value is -3.08. The van der Waals surface area contributed by atoms with Gasteiger partial charge >= 0.3 is 0 Å². The Morgan fingerprint density at radius 1 is 1.08 bits per heavy atom. The molecule has 5 heteroatoms. The summed E-state index contributed by atoms with van der Waals surface area (Å²) in [5.74, 6) is 1.16. The van der Waals surface area contributed by atoms with E-state index in [4.69, 9.17) is 9.26 Å². The molecule has 1 aromatic heterocycles. The second-order valence-electron chi connectivity index (χ2n) is 6.76. The van der Waals surface area contributed by atoms with E-state index in [9.17, 15) is 4.79 Å². The molecule has 26 heavy (non-hydrogen) atoms. The number of carbonyl (C=O) groups excluding carboxylic acids is 1. The molecule has 0 saturated heterocycles. The summed E-state index contributed by atoms with van der Waals surface area (Å²) in [6, 6.07) is 11.8. The number of rotatable bonds is 2. The van der Waals surface area contributed by atoms with Crippen molar-refractivity contribution in [3.05, 3.63) is 64.3 Å². The van der Waals surface area contributed by atoms with Crippen LogP contribution in [0.4, 0.5) is 5.69 Å². The molecule has 3 aromatic rings. The Morgan fingerprint density at radius 3 is 2.65 bits per heavy atom. The first-order chi connectivity index (χ1) is 12.5. The zero-order valence-electron chi connectivity index (χ0n) is 15.3. The Morgan fingerprint density at radius 2 is 1.88 bits per heavy atom. The molecule has 0 bridgehead atoms. The number of anilines is 1. The molecule has 1 amide bonds. The smallest absolute Gasteiger partial charge is 0.280 e. The van der Waals surface area contributed by atoms with Gasteiger partial charge in [-0.25, -0.2) is 0 Å². The fraction of sp³-hybridized carbons (Fsp3) is 0.238. The minimum Gasteiger partial charge on any atom is -0.488 e. The second-order valence-corrected chi connectivity index (χ2v) is 6.76. The van der Waals surface area contributed by atoms with Crippen molar-refractivity contribution in [2.75, 3.05) is 11.9 Å². The van der Waals surface area contributed by atoms with E-state index in [0.717, 1.165) is 28.1 Å². The van der Waals surface area contributed by atoms with Crippen molar-refractivity contribution in [3.63, 3.8) is 0 Å². The maximum atomic E-state index is 13.0. The molecule has 0 fully saturated rings. The second kappa shape index (κ2) is 6.02. The largest absolute Gasteiger partial charge is 0.488 e.